The van der Waals surface area contributed by atoms with Gasteiger partial charge in [0.2, 0.25) is 5.65 Å². The van der Waals surface area contributed by atoms with Crippen LogP contribution in [0.15, 0.2) is 97.2 Å². The van der Waals surface area contributed by atoms with Crippen LogP contribution in [0.25, 0.3) is 60.9 Å². The van der Waals surface area contributed by atoms with E-state index in [1.165, 1.54) is 49.8 Å². The average molecular weight is 502 g/mol. The predicted molar refractivity (Wildman–Crippen MR) is 148 cm³/mol. The lowest BCUT2D eigenvalue weighted by atomic mass is 9.85. The number of para-hydroxylation sites is 4. The van der Waals surface area contributed by atoms with Gasteiger partial charge in [0.25, 0.3) is 5.82 Å². The Morgan fingerprint density at radius 1 is 0.718 bits per heavy atom. The minimum atomic E-state index is -0.636. The lowest BCUT2D eigenvalue weighted by Gasteiger charge is -2.30. The van der Waals surface area contributed by atoms with Gasteiger partial charge in [-0.3, -0.25) is 0 Å². The van der Waals surface area contributed by atoms with Crippen LogP contribution < -0.4 is 13.9 Å². The van der Waals surface area contributed by atoms with Crippen molar-refractivity contribution in [3.63, 3.8) is 0 Å². The molecule has 8 aromatic rings. The fourth-order valence-electron chi connectivity index (χ4n) is 8.09. The Morgan fingerprint density at radius 2 is 1.51 bits per heavy atom. The zero-order valence-corrected chi connectivity index (χ0v) is 20.9. The smallest absolute Gasteiger partial charge is 0.316 e. The molecule has 11 rings (SSSR count). The topological polar surface area (TPSA) is 39.2 Å². The minimum Gasteiger partial charge on any atom is -0.456 e. The first-order valence-electron chi connectivity index (χ1n) is 13.3. The quantitative estimate of drug-likeness (QED) is 0.202. The zero-order chi connectivity index (χ0) is 25.2. The molecule has 3 aliphatic rings. The van der Waals surface area contributed by atoms with Gasteiger partial charge in [0, 0.05) is 11.6 Å². The summed E-state index contributed by atoms with van der Waals surface area (Å²) in [6, 6.07) is 32.6. The summed E-state index contributed by atoms with van der Waals surface area (Å²) in [4.78, 5) is 4.95. The van der Waals surface area contributed by atoms with E-state index in [1.807, 2.05) is 12.3 Å². The lowest BCUT2D eigenvalue weighted by Crippen LogP contribution is -2.71. The summed E-state index contributed by atoms with van der Waals surface area (Å²) >= 11 is 0. The van der Waals surface area contributed by atoms with Crippen LogP contribution in [0.5, 0.6) is 11.5 Å². The molecule has 39 heavy (non-hydrogen) atoms. The first-order valence-corrected chi connectivity index (χ1v) is 13.3. The number of hydrogen-bond donors (Lipinski definition) is 0. The molecule has 6 nitrogen and oxygen atoms in total. The van der Waals surface area contributed by atoms with Crippen LogP contribution in [0.3, 0.4) is 0 Å². The van der Waals surface area contributed by atoms with Crippen molar-refractivity contribution in [1.29, 1.82) is 0 Å². The third kappa shape index (κ3) is 1.71. The summed E-state index contributed by atoms with van der Waals surface area (Å²) in [6.45, 7) is 0. The van der Waals surface area contributed by atoms with Gasteiger partial charge < -0.3 is 4.74 Å². The maximum absolute atomic E-state index is 6.77. The van der Waals surface area contributed by atoms with Gasteiger partial charge in [0.05, 0.1) is 23.4 Å². The second kappa shape index (κ2) is 5.76. The lowest BCUT2D eigenvalue weighted by molar-refractivity contribution is -0.929. The largest absolute Gasteiger partial charge is 0.456 e. The number of aromatic nitrogens is 5. The van der Waals surface area contributed by atoms with Gasteiger partial charge >= 0.3 is 11.3 Å². The van der Waals surface area contributed by atoms with Crippen molar-refractivity contribution in [3.8, 4) is 22.9 Å². The van der Waals surface area contributed by atoms with Gasteiger partial charge in [0.1, 0.15) is 22.6 Å². The molecule has 0 aliphatic carbocycles. The van der Waals surface area contributed by atoms with Gasteiger partial charge in [-0.05, 0) is 60.7 Å². The van der Waals surface area contributed by atoms with E-state index in [0.29, 0.717) is 0 Å². The van der Waals surface area contributed by atoms with Crippen molar-refractivity contribution in [2.24, 2.45) is 7.05 Å². The van der Waals surface area contributed by atoms with E-state index in [2.05, 4.69) is 110 Å². The summed E-state index contributed by atoms with van der Waals surface area (Å²) in [5.74, 6) is 3.02. The van der Waals surface area contributed by atoms with Crippen LogP contribution in [-0.2, 0) is 12.7 Å². The molecule has 0 amide bonds. The number of ether oxygens (including phenoxy) is 1. The summed E-state index contributed by atoms with van der Waals surface area (Å²) in [6.07, 6.45) is 1.90. The third-order valence-corrected chi connectivity index (χ3v) is 9.31. The van der Waals surface area contributed by atoms with Crippen LogP contribution in [0.1, 0.15) is 11.1 Å². The molecule has 0 N–H and O–H groups in total. The van der Waals surface area contributed by atoms with Crippen LogP contribution in [0.2, 0.25) is 0 Å². The van der Waals surface area contributed by atoms with Crippen molar-refractivity contribution >= 4 is 49.5 Å². The molecule has 0 saturated carbocycles. The molecule has 0 fully saturated rings. The van der Waals surface area contributed by atoms with Crippen LogP contribution >= 0.6 is 0 Å². The van der Waals surface area contributed by atoms with Crippen LogP contribution in [-0.4, -0.2) is 14.0 Å². The van der Waals surface area contributed by atoms with Gasteiger partial charge in [-0.25, -0.2) is 9.55 Å². The number of aryl methyl sites for hydroxylation is 1. The molecule has 7 heterocycles. The fourth-order valence-corrected chi connectivity index (χ4v) is 8.09. The SMILES string of the molecule is Cn1c2[n+](c3ccccc31)C13c4c(cccc4-2)Oc2ccc4c5cccnc5n5c6ccccc6[n+]1c5c4c23. The molecule has 0 bridgehead atoms. The number of pyridine rings is 2. The molecule has 3 aliphatic heterocycles. The second-order valence-electron chi connectivity index (χ2n) is 10.9. The molecular formula is C33H19N5O+2. The van der Waals surface area contributed by atoms with Crippen LogP contribution in [0.4, 0.5) is 0 Å². The molecule has 4 aromatic heterocycles. The van der Waals surface area contributed by atoms with Gasteiger partial charge in [-0.2, -0.15) is 13.5 Å². The molecule has 1 unspecified atom stereocenters. The Labute approximate surface area is 221 Å². The van der Waals surface area contributed by atoms with Crippen molar-refractivity contribution in [2.75, 3.05) is 0 Å². The predicted octanol–water partition coefficient (Wildman–Crippen LogP) is 5.56. The van der Waals surface area contributed by atoms with Crippen molar-refractivity contribution in [3.05, 3.63) is 108 Å². The maximum atomic E-state index is 6.77. The van der Waals surface area contributed by atoms with E-state index in [0.717, 1.165) is 33.7 Å². The Kier molecular flexibility index (Phi) is 2.80. The van der Waals surface area contributed by atoms with E-state index < -0.39 is 5.66 Å². The van der Waals surface area contributed by atoms with Gasteiger partial charge in [0.15, 0.2) is 22.1 Å². The molecular weight excluding hydrogens is 482 g/mol. The van der Waals surface area contributed by atoms with E-state index in [-0.39, 0.29) is 0 Å². The highest BCUT2D eigenvalue weighted by Crippen LogP contribution is 2.58. The summed E-state index contributed by atoms with van der Waals surface area (Å²) in [7, 11) is 2.18. The monoisotopic (exact) mass is 501 g/mol. The number of fused-ring (bicyclic) bond motifs is 10. The standard InChI is InChI=1S/C33H19N5O/c1-35-21-10-2-4-12-23(21)37-31(35)20-8-6-14-25-28(20)33(37)29-26(39-25)16-15-18-19-9-7-17-34-30(19)36-22-11-3-5-13-24(22)38(33)32(36)27(18)29/h2-17H,1H3/q+2. The number of rotatable bonds is 0. The van der Waals surface area contributed by atoms with E-state index in [1.54, 1.807) is 0 Å². The number of hydrogen-bond acceptors (Lipinski definition) is 2. The Morgan fingerprint density at radius 3 is 2.41 bits per heavy atom. The molecule has 180 valence electrons. The third-order valence-electron chi connectivity index (χ3n) is 9.31. The van der Waals surface area contributed by atoms with E-state index in [4.69, 9.17) is 9.72 Å². The van der Waals surface area contributed by atoms with Gasteiger partial charge in [-0.1, -0.05) is 30.3 Å². The summed E-state index contributed by atoms with van der Waals surface area (Å²) < 4.78 is 16.6. The first-order chi connectivity index (χ1) is 19.3. The highest BCUT2D eigenvalue weighted by Gasteiger charge is 2.68. The van der Waals surface area contributed by atoms with Crippen molar-refractivity contribution < 1.29 is 13.9 Å². The van der Waals surface area contributed by atoms with Gasteiger partial charge in [-0.15, -0.1) is 0 Å². The second-order valence-corrected chi connectivity index (χ2v) is 10.9. The van der Waals surface area contributed by atoms with E-state index in [9.17, 15) is 0 Å². The molecule has 1 spiro atoms. The Hall–Kier alpha value is -5.23. The molecule has 6 heteroatoms. The first kappa shape index (κ1) is 18.9. The normalized spacial score (nSPS) is 17.7. The number of imidazole rings is 2. The molecule has 0 radical (unpaired) electrons. The van der Waals surface area contributed by atoms with Crippen molar-refractivity contribution in [2.45, 2.75) is 5.66 Å². The van der Waals surface area contributed by atoms with Crippen LogP contribution in [0, 0.1) is 0 Å². The Bertz CT molecular complexity index is 2500. The number of nitrogens with zero attached hydrogens (tertiary/aromatic N) is 5. The van der Waals surface area contributed by atoms with Crippen molar-refractivity contribution in [1.82, 2.24) is 14.0 Å². The fraction of sp³-hybridized carbons (Fsp3) is 0.0606. The highest BCUT2D eigenvalue weighted by atomic mass is 16.5. The molecule has 4 aromatic carbocycles. The molecule has 1 atom stereocenters. The zero-order valence-electron chi connectivity index (χ0n) is 20.9. The Balaban J connectivity index is 1.55. The summed E-state index contributed by atoms with van der Waals surface area (Å²) in [5, 5.41) is 3.59. The summed E-state index contributed by atoms with van der Waals surface area (Å²) in [5.41, 5.74) is 9.87. The highest BCUT2D eigenvalue weighted by molar-refractivity contribution is 6.15. The number of benzene rings is 4. The molecule has 0 saturated heterocycles. The average Bonchev–Trinajstić information content (AvgIpc) is 3.68. The minimum absolute atomic E-state index is 0.636. The maximum Gasteiger partial charge on any atom is 0.316 e. The van der Waals surface area contributed by atoms with E-state index >= 15 is 0 Å².